The maximum Gasteiger partial charge on any atom is 0.305 e. The number of carboxylic acid groups (broad SMARTS) is 1. The highest BCUT2D eigenvalue weighted by atomic mass is 16.4. The van der Waals surface area contributed by atoms with Gasteiger partial charge in [-0.25, -0.2) is 0 Å². The van der Waals surface area contributed by atoms with Crippen molar-refractivity contribution in [3.63, 3.8) is 0 Å². The molecule has 0 aromatic heterocycles. The fourth-order valence-corrected chi connectivity index (χ4v) is 3.99. The predicted octanol–water partition coefficient (Wildman–Crippen LogP) is 0.363. The molecular formula is C14H25N3O2. The minimum absolute atomic E-state index is 0.104. The summed E-state index contributed by atoms with van der Waals surface area (Å²) < 4.78 is 0. The number of carbonyl (C=O) groups is 1. The second-order valence-corrected chi connectivity index (χ2v) is 6.36. The zero-order chi connectivity index (χ0) is 13.3. The van der Waals surface area contributed by atoms with E-state index in [9.17, 15) is 4.79 Å². The number of nitrogens with one attached hydrogen (secondary N) is 1. The third-order valence-corrected chi connectivity index (χ3v) is 5.21. The molecule has 5 nitrogen and oxygen atoms in total. The van der Waals surface area contributed by atoms with Gasteiger partial charge in [0.15, 0.2) is 0 Å². The van der Waals surface area contributed by atoms with E-state index in [0.717, 1.165) is 45.3 Å². The molecule has 2 aliphatic heterocycles. The summed E-state index contributed by atoms with van der Waals surface area (Å²) in [6.45, 7) is 5.97. The molecular weight excluding hydrogens is 242 g/mol. The maximum atomic E-state index is 11.1. The second kappa shape index (κ2) is 5.38. The summed E-state index contributed by atoms with van der Waals surface area (Å²) in [6, 6.07) is 0.803. The van der Waals surface area contributed by atoms with Crippen LogP contribution in [0.5, 0.6) is 0 Å². The number of piperazine rings is 1. The fraction of sp³-hybridized carbons (Fsp3) is 0.929. The van der Waals surface area contributed by atoms with E-state index in [0.29, 0.717) is 0 Å². The Bertz CT molecular complexity index is 330. The summed E-state index contributed by atoms with van der Waals surface area (Å²) >= 11 is 0. The Kier molecular flexibility index (Phi) is 3.78. The molecule has 0 spiro atoms. The number of hydrogen-bond acceptors (Lipinski definition) is 4. The lowest BCUT2D eigenvalue weighted by molar-refractivity contribution is -0.142. The van der Waals surface area contributed by atoms with E-state index in [1.54, 1.807) is 0 Å². The Morgan fingerprint density at radius 3 is 2.26 bits per heavy atom. The first-order chi connectivity index (χ1) is 9.20. The van der Waals surface area contributed by atoms with Crippen LogP contribution < -0.4 is 5.32 Å². The van der Waals surface area contributed by atoms with Crippen molar-refractivity contribution in [2.24, 2.45) is 0 Å². The van der Waals surface area contributed by atoms with Crippen LogP contribution in [-0.2, 0) is 4.79 Å². The predicted molar refractivity (Wildman–Crippen MR) is 73.3 cm³/mol. The van der Waals surface area contributed by atoms with Gasteiger partial charge in [-0.2, -0.15) is 0 Å². The van der Waals surface area contributed by atoms with Gasteiger partial charge in [0.2, 0.25) is 0 Å². The molecule has 0 atom stereocenters. The molecule has 3 fully saturated rings. The summed E-state index contributed by atoms with van der Waals surface area (Å²) in [5.41, 5.74) is -0.104. The zero-order valence-electron chi connectivity index (χ0n) is 11.6. The molecule has 0 unspecified atom stereocenters. The van der Waals surface area contributed by atoms with Crippen LogP contribution in [0.4, 0.5) is 0 Å². The van der Waals surface area contributed by atoms with Crippen LogP contribution in [0.2, 0.25) is 0 Å². The van der Waals surface area contributed by atoms with E-state index in [-0.39, 0.29) is 12.0 Å². The molecule has 5 heteroatoms. The molecule has 108 valence electrons. The summed E-state index contributed by atoms with van der Waals surface area (Å²) in [4.78, 5) is 16.1. The average Bonchev–Trinajstić information content (AvgIpc) is 2.88. The van der Waals surface area contributed by atoms with Gasteiger partial charge >= 0.3 is 5.97 Å². The van der Waals surface area contributed by atoms with Gasteiger partial charge < -0.3 is 10.4 Å². The van der Waals surface area contributed by atoms with Crippen molar-refractivity contribution >= 4 is 5.97 Å². The Morgan fingerprint density at radius 2 is 1.79 bits per heavy atom. The van der Waals surface area contributed by atoms with Crippen molar-refractivity contribution in [1.29, 1.82) is 0 Å². The molecule has 0 bridgehead atoms. The van der Waals surface area contributed by atoms with Crippen LogP contribution >= 0.6 is 0 Å². The van der Waals surface area contributed by atoms with Crippen molar-refractivity contribution in [3.8, 4) is 0 Å². The van der Waals surface area contributed by atoms with Gasteiger partial charge in [0, 0.05) is 45.3 Å². The van der Waals surface area contributed by atoms with Crippen molar-refractivity contribution in [2.75, 3.05) is 39.3 Å². The third-order valence-electron chi connectivity index (χ3n) is 5.21. The highest BCUT2D eigenvalue weighted by Crippen LogP contribution is 2.29. The van der Waals surface area contributed by atoms with E-state index in [1.165, 1.54) is 25.7 Å². The Labute approximate surface area is 114 Å². The zero-order valence-corrected chi connectivity index (χ0v) is 11.6. The van der Waals surface area contributed by atoms with Gasteiger partial charge in [0.25, 0.3) is 0 Å². The molecule has 0 aromatic carbocycles. The van der Waals surface area contributed by atoms with Crippen LogP contribution in [0.3, 0.4) is 0 Å². The molecule has 1 aliphatic carbocycles. The molecule has 3 rings (SSSR count). The highest BCUT2D eigenvalue weighted by molar-refractivity contribution is 5.68. The smallest absolute Gasteiger partial charge is 0.305 e. The Morgan fingerprint density at radius 1 is 1.16 bits per heavy atom. The molecule has 0 radical (unpaired) electrons. The Balaban J connectivity index is 1.55. The van der Waals surface area contributed by atoms with Gasteiger partial charge in [0.05, 0.1) is 12.0 Å². The Hall–Kier alpha value is -0.650. The van der Waals surface area contributed by atoms with E-state index < -0.39 is 5.97 Å². The minimum Gasteiger partial charge on any atom is -0.481 e. The van der Waals surface area contributed by atoms with Crippen molar-refractivity contribution in [2.45, 2.75) is 43.7 Å². The summed E-state index contributed by atoms with van der Waals surface area (Å²) in [6.07, 6.45) is 5.78. The number of nitrogens with zero attached hydrogens (tertiary/aromatic N) is 2. The maximum absolute atomic E-state index is 11.1. The first kappa shape index (κ1) is 13.3. The summed E-state index contributed by atoms with van der Waals surface area (Å²) in [7, 11) is 0. The molecule has 1 saturated carbocycles. The first-order valence-electron chi connectivity index (χ1n) is 7.61. The molecule has 19 heavy (non-hydrogen) atoms. The van der Waals surface area contributed by atoms with Crippen LogP contribution in [0.15, 0.2) is 0 Å². The molecule has 2 heterocycles. The number of carboxylic acids is 1. The normalized spacial score (nSPS) is 29.3. The van der Waals surface area contributed by atoms with Crippen LogP contribution in [0.25, 0.3) is 0 Å². The first-order valence-corrected chi connectivity index (χ1v) is 7.61. The topological polar surface area (TPSA) is 55.8 Å². The van der Waals surface area contributed by atoms with E-state index in [4.69, 9.17) is 5.11 Å². The number of aliphatic carboxylic acids is 1. The van der Waals surface area contributed by atoms with Crippen LogP contribution in [0.1, 0.15) is 32.1 Å². The molecule has 2 N–H and O–H groups in total. The molecule has 3 aliphatic rings. The summed E-state index contributed by atoms with van der Waals surface area (Å²) in [5.74, 6) is -0.667. The molecule has 0 amide bonds. The van der Waals surface area contributed by atoms with Gasteiger partial charge in [-0.15, -0.1) is 0 Å². The van der Waals surface area contributed by atoms with E-state index in [2.05, 4.69) is 15.1 Å². The van der Waals surface area contributed by atoms with Gasteiger partial charge in [-0.1, -0.05) is 12.8 Å². The van der Waals surface area contributed by atoms with Gasteiger partial charge in [-0.3, -0.25) is 14.6 Å². The number of rotatable bonds is 4. The lowest BCUT2D eigenvalue weighted by Gasteiger charge is -2.53. The van der Waals surface area contributed by atoms with Gasteiger partial charge in [-0.05, 0) is 12.8 Å². The SMILES string of the molecule is O=C(O)CC1(N2CCN(C3CCCC3)CC2)CNC1. The van der Waals surface area contributed by atoms with Crippen LogP contribution in [-0.4, -0.2) is 71.7 Å². The van der Waals surface area contributed by atoms with E-state index >= 15 is 0 Å². The minimum atomic E-state index is -0.667. The highest BCUT2D eigenvalue weighted by Gasteiger charge is 2.45. The largest absolute Gasteiger partial charge is 0.481 e. The molecule has 0 aromatic rings. The van der Waals surface area contributed by atoms with Crippen molar-refractivity contribution in [1.82, 2.24) is 15.1 Å². The quantitative estimate of drug-likeness (QED) is 0.770. The monoisotopic (exact) mass is 267 g/mol. The van der Waals surface area contributed by atoms with Crippen molar-refractivity contribution in [3.05, 3.63) is 0 Å². The standard InChI is InChI=1S/C14H25N3O2/c18-13(19)9-14(10-15-11-14)17-7-5-16(6-8-17)12-3-1-2-4-12/h12,15H,1-11H2,(H,18,19). The lowest BCUT2D eigenvalue weighted by atomic mass is 9.85. The number of hydrogen-bond donors (Lipinski definition) is 2. The third kappa shape index (κ3) is 2.64. The average molecular weight is 267 g/mol. The molecule has 2 saturated heterocycles. The second-order valence-electron chi connectivity index (χ2n) is 6.36. The van der Waals surface area contributed by atoms with Crippen molar-refractivity contribution < 1.29 is 9.90 Å². The lowest BCUT2D eigenvalue weighted by Crippen LogP contribution is -2.72. The summed E-state index contributed by atoms with van der Waals surface area (Å²) in [5, 5.41) is 12.4. The van der Waals surface area contributed by atoms with E-state index in [1.807, 2.05) is 0 Å². The van der Waals surface area contributed by atoms with Gasteiger partial charge in [0.1, 0.15) is 0 Å². The fourth-order valence-electron chi connectivity index (χ4n) is 3.99. The van der Waals surface area contributed by atoms with Crippen LogP contribution in [0, 0.1) is 0 Å².